The van der Waals surface area contributed by atoms with Crippen LogP contribution in [0.1, 0.15) is 21.5 Å². The predicted octanol–water partition coefficient (Wildman–Crippen LogP) is 4.17. The van der Waals surface area contributed by atoms with E-state index in [1.165, 1.54) is 0 Å². The van der Waals surface area contributed by atoms with E-state index in [0.717, 1.165) is 11.1 Å². The Morgan fingerprint density at radius 3 is 2.46 bits per heavy atom. The zero-order valence-electron chi connectivity index (χ0n) is 19.1. The molecule has 1 amide bonds. The summed E-state index contributed by atoms with van der Waals surface area (Å²) >= 11 is 0. The van der Waals surface area contributed by atoms with Gasteiger partial charge in [-0.3, -0.25) is 9.36 Å². The van der Waals surface area contributed by atoms with E-state index in [4.69, 9.17) is 25.2 Å². The maximum absolute atomic E-state index is 13.4. The summed E-state index contributed by atoms with van der Waals surface area (Å²) in [6, 6.07) is 21.1. The standard InChI is InChI=1S/C27H23N5O3/c1-16-6-8-17(9-7-16)15-29-27(33)23-24-26(31-20-5-3-2-4-19(20)30-24)32(25(23)28)18-10-11-21-22(14-18)35-13-12-34-21/h2-11,14H,12-13,15,28H2,1H3,(H,29,33). The van der Waals surface area contributed by atoms with Crippen molar-refractivity contribution >= 4 is 33.9 Å². The van der Waals surface area contributed by atoms with Crippen LogP contribution in [0.4, 0.5) is 5.82 Å². The highest BCUT2D eigenvalue weighted by Gasteiger charge is 2.25. The van der Waals surface area contributed by atoms with Gasteiger partial charge in [-0.1, -0.05) is 42.0 Å². The van der Waals surface area contributed by atoms with Crippen LogP contribution in [0.5, 0.6) is 11.5 Å². The molecule has 0 saturated heterocycles. The molecule has 0 bridgehead atoms. The number of carbonyl (C=O) groups is 1. The molecule has 3 heterocycles. The maximum Gasteiger partial charge on any atom is 0.257 e. The Morgan fingerprint density at radius 1 is 0.971 bits per heavy atom. The third-order valence-electron chi connectivity index (χ3n) is 6.08. The summed E-state index contributed by atoms with van der Waals surface area (Å²) < 4.78 is 13.2. The highest BCUT2D eigenvalue weighted by atomic mass is 16.6. The van der Waals surface area contributed by atoms with Crippen LogP contribution < -0.4 is 20.5 Å². The van der Waals surface area contributed by atoms with Crippen molar-refractivity contribution < 1.29 is 14.3 Å². The number of amides is 1. The third-order valence-corrected chi connectivity index (χ3v) is 6.08. The van der Waals surface area contributed by atoms with Crippen molar-refractivity contribution in [2.24, 2.45) is 0 Å². The molecule has 6 rings (SSSR count). The molecule has 0 aliphatic carbocycles. The molecule has 0 saturated carbocycles. The lowest BCUT2D eigenvalue weighted by molar-refractivity contribution is 0.0953. The number of nitrogens with zero attached hydrogens (tertiary/aromatic N) is 3. The van der Waals surface area contributed by atoms with Gasteiger partial charge in [-0.25, -0.2) is 9.97 Å². The van der Waals surface area contributed by atoms with Gasteiger partial charge < -0.3 is 20.5 Å². The monoisotopic (exact) mass is 465 g/mol. The van der Waals surface area contributed by atoms with E-state index in [2.05, 4.69) is 5.32 Å². The molecule has 3 N–H and O–H groups in total. The second kappa shape index (κ2) is 8.32. The summed E-state index contributed by atoms with van der Waals surface area (Å²) in [7, 11) is 0. The Hall–Kier alpha value is -4.59. The number of para-hydroxylation sites is 2. The highest BCUT2D eigenvalue weighted by Crippen LogP contribution is 2.36. The molecule has 2 aromatic heterocycles. The normalized spacial score (nSPS) is 12.7. The van der Waals surface area contributed by atoms with Crippen molar-refractivity contribution in [1.29, 1.82) is 0 Å². The van der Waals surface area contributed by atoms with Gasteiger partial charge in [0.1, 0.15) is 30.1 Å². The lowest BCUT2D eigenvalue weighted by Crippen LogP contribution is -2.24. The number of aromatic nitrogens is 3. The molecule has 5 aromatic rings. The number of aryl methyl sites for hydroxylation is 1. The Morgan fingerprint density at radius 2 is 1.69 bits per heavy atom. The van der Waals surface area contributed by atoms with Crippen LogP contribution in [0.15, 0.2) is 66.7 Å². The SMILES string of the molecule is Cc1ccc(CNC(=O)c2c(N)n(-c3ccc4c(c3)OCCO4)c3nc4ccccc4nc23)cc1. The molecule has 8 heteroatoms. The minimum atomic E-state index is -0.311. The first-order chi connectivity index (χ1) is 17.1. The van der Waals surface area contributed by atoms with Crippen LogP contribution >= 0.6 is 0 Å². The van der Waals surface area contributed by atoms with Crippen LogP contribution in [-0.2, 0) is 6.54 Å². The Kier molecular flexibility index (Phi) is 4.99. The maximum atomic E-state index is 13.4. The lowest BCUT2D eigenvalue weighted by Gasteiger charge is -2.19. The fourth-order valence-electron chi connectivity index (χ4n) is 4.29. The first kappa shape index (κ1) is 21.0. The number of nitrogen functional groups attached to an aromatic ring is 1. The summed E-state index contributed by atoms with van der Waals surface area (Å²) in [6.45, 7) is 3.37. The van der Waals surface area contributed by atoms with Gasteiger partial charge in [0, 0.05) is 12.6 Å². The molecule has 1 aliphatic heterocycles. The van der Waals surface area contributed by atoms with Gasteiger partial charge >= 0.3 is 0 Å². The zero-order valence-corrected chi connectivity index (χ0v) is 19.1. The van der Waals surface area contributed by atoms with Crippen molar-refractivity contribution in [2.75, 3.05) is 18.9 Å². The first-order valence-electron chi connectivity index (χ1n) is 11.4. The van der Waals surface area contributed by atoms with Gasteiger partial charge in [-0.05, 0) is 36.8 Å². The number of rotatable bonds is 4. The Labute approximate surface area is 201 Å². The van der Waals surface area contributed by atoms with Crippen molar-refractivity contribution in [1.82, 2.24) is 19.9 Å². The minimum Gasteiger partial charge on any atom is -0.486 e. The number of nitrogens with one attached hydrogen (secondary N) is 1. The summed E-state index contributed by atoms with van der Waals surface area (Å²) in [5, 5.41) is 2.99. The molecule has 0 spiro atoms. The Balaban J connectivity index is 1.48. The number of nitrogens with two attached hydrogens (primary N) is 1. The lowest BCUT2D eigenvalue weighted by atomic mass is 10.1. The molecule has 1 aliphatic rings. The molecule has 0 fully saturated rings. The van der Waals surface area contributed by atoms with Gasteiger partial charge in [0.15, 0.2) is 17.1 Å². The average Bonchev–Trinajstić information content (AvgIpc) is 3.17. The molecule has 0 unspecified atom stereocenters. The minimum absolute atomic E-state index is 0.258. The molecule has 8 nitrogen and oxygen atoms in total. The second-order valence-electron chi connectivity index (χ2n) is 8.48. The molecular formula is C27H23N5O3. The van der Waals surface area contributed by atoms with Crippen LogP contribution in [0.2, 0.25) is 0 Å². The van der Waals surface area contributed by atoms with Gasteiger partial charge in [-0.2, -0.15) is 0 Å². The number of hydrogen-bond acceptors (Lipinski definition) is 6. The zero-order chi connectivity index (χ0) is 23.9. The highest BCUT2D eigenvalue weighted by molar-refractivity contribution is 6.11. The third kappa shape index (κ3) is 3.69. The van der Waals surface area contributed by atoms with Gasteiger partial charge in [0.2, 0.25) is 0 Å². The fourth-order valence-corrected chi connectivity index (χ4v) is 4.29. The summed E-state index contributed by atoms with van der Waals surface area (Å²) in [5.74, 6) is 1.24. The van der Waals surface area contributed by atoms with Crippen LogP contribution in [0.3, 0.4) is 0 Å². The van der Waals surface area contributed by atoms with Gasteiger partial charge in [-0.15, -0.1) is 0 Å². The van der Waals surface area contributed by atoms with Crippen molar-refractivity contribution in [3.05, 3.63) is 83.4 Å². The van der Waals surface area contributed by atoms with Gasteiger partial charge in [0.25, 0.3) is 5.91 Å². The molecule has 0 radical (unpaired) electrons. The van der Waals surface area contributed by atoms with E-state index < -0.39 is 0 Å². The fraction of sp³-hybridized carbons (Fsp3) is 0.148. The van der Waals surface area contributed by atoms with Crippen LogP contribution in [-0.4, -0.2) is 33.7 Å². The number of ether oxygens (including phenoxy) is 2. The molecule has 0 atom stereocenters. The molecular weight excluding hydrogens is 442 g/mol. The number of benzene rings is 3. The van der Waals surface area contributed by atoms with Crippen LogP contribution in [0, 0.1) is 6.92 Å². The van der Waals surface area contributed by atoms with E-state index in [0.29, 0.717) is 64.7 Å². The number of carbonyl (C=O) groups excluding carboxylic acids is 1. The van der Waals surface area contributed by atoms with Crippen molar-refractivity contribution in [3.8, 4) is 17.2 Å². The predicted molar refractivity (Wildman–Crippen MR) is 134 cm³/mol. The molecule has 3 aromatic carbocycles. The van der Waals surface area contributed by atoms with Crippen molar-refractivity contribution in [3.63, 3.8) is 0 Å². The second-order valence-corrected chi connectivity index (χ2v) is 8.48. The largest absolute Gasteiger partial charge is 0.486 e. The number of hydrogen-bond donors (Lipinski definition) is 2. The number of fused-ring (bicyclic) bond motifs is 3. The quantitative estimate of drug-likeness (QED) is 0.413. The molecule has 174 valence electrons. The van der Waals surface area contributed by atoms with Crippen molar-refractivity contribution in [2.45, 2.75) is 13.5 Å². The van der Waals surface area contributed by atoms with E-state index >= 15 is 0 Å². The van der Waals surface area contributed by atoms with E-state index in [-0.39, 0.29) is 11.7 Å². The van der Waals surface area contributed by atoms with E-state index in [1.807, 2.05) is 73.7 Å². The van der Waals surface area contributed by atoms with E-state index in [9.17, 15) is 4.79 Å². The first-order valence-corrected chi connectivity index (χ1v) is 11.4. The average molecular weight is 466 g/mol. The van der Waals surface area contributed by atoms with Gasteiger partial charge in [0.05, 0.1) is 16.7 Å². The number of anilines is 1. The summed E-state index contributed by atoms with van der Waals surface area (Å²) in [6.07, 6.45) is 0. The Bertz CT molecular complexity index is 1590. The van der Waals surface area contributed by atoms with E-state index in [1.54, 1.807) is 4.57 Å². The van der Waals surface area contributed by atoms with Crippen LogP contribution in [0.25, 0.3) is 27.9 Å². The molecule has 35 heavy (non-hydrogen) atoms. The summed E-state index contributed by atoms with van der Waals surface area (Å²) in [4.78, 5) is 23.0. The summed E-state index contributed by atoms with van der Waals surface area (Å²) in [5.41, 5.74) is 12.1. The smallest absolute Gasteiger partial charge is 0.257 e. The topological polar surface area (TPSA) is 104 Å².